The zero-order valence-corrected chi connectivity index (χ0v) is 12.0. The van der Waals surface area contributed by atoms with E-state index in [1.807, 2.05) is 20.8 Å². The Labute approximate surface area is 111 Å². The van der Waals surface area contributed by atoms with E-state index < -0.39 is 0 Å². The van der Waals surface area contributed by atoms with E-state index >= 15 is 0 Å². The SMILES string of the molecule is CCN(CCC(=O)OC)C(=O)c1sc(C)nc1C. The maximum atomic E-state index is 12.3. The number of carbonyl (C=O) groups is 2. The molecule has 0 bridgehead atoms. The Morgan fingerprint density at radius 2 is 2.06 bits per heavy atom. The van der Waals surface area contributed by atoms with Crippen LogP contribution in [-0.2, 0) is 9.53 Å². The molecule has 18 heavy (non-hydrogen) atoms. The van der Waals surface area contributed by atoms with Gasteiger partial charge in [0.05, 0.1) is 24.2 Å². The van der Waals surface area contributed by atoms with Gasteiger partial charge in [-0.05, 0) is 20.8 Å². The van der Waals surface area contributed by atoms with Gasteiger partial charge in [0.2, 0.25) is 0 Å². The summed E-state index contributed by atoms with van der Waals surface area (Å²) in [5, 5.41) is 0.875. The van der Waals surface area contributed by atoms with Crippen LogP contribution in [0.5, 0.6) is 0 Å². The lowest BCUT2D eigenvalue weighted by atomic mass is 10.3. The molecule has 0 fully saturated rings. The first kappa shape index (κ1) is 14.6. The number of aryl methyl sites for hydroxylation is 2. The lowest BCUT2D eigenvalue weighted by Crippen LogP contribution is -2.32. The van der Waals surface area contributed by atoms with Crippen LogP contribution in [0.1, 0.15) is 33.7 Å². The van der Waals surface area contributed by atoms with Gasteiger partial charge in [-0.15, -0.1) is 11.3 Å². The fourth-order valence-corrected chi connectivity index (χ4v) is 2.49. The average molecular weight is 270 g/mol. The second-order valence-corrected chi connectivity index (χ2v) is 5.06. The second-order valence-electron chi connectivity index (χ2n) is 3.86. The lowest BCUT2D eigenvalue weighted by molar-refractivity contribution is -0.140. The predicted molar refractivity (Wildman–Crippen MR) is 69.8 cm³/mol. The largest absolute Gasteiger partial charge is 0.469 e. The Kier molecular flexibility index (Phi) is 5.27. The molecular formula is C12H18N2O3S. The van der Waals surface area contributed by atoms with Crippen LogP contribution < -0.4 is 0 Å². The third-order valence-corrected chi connectivity index (χ3v) is 3.64. The summed E-state index contributed by atoms with van der Waals surface area (Å²) in [5.74, 6) is -0.372. The second kappa shape index (κ2) is 6.49. The molecule has 5 nitrogen and oxygen atoms in total. The van der Waals surface area contributed by atoms with Gasteiger partial charge in [0.15, 0.2) is 0 Å². The molecule has 1 amide bonds. The molecule has 1 aromatic rings. The summed E-state index contributed by atoms with van der Waals surface area (Å²) in [6, 6.07) is 0. The van der Waals surface area contributed by atoms with Crippen LogP contribution in [-0.4, -0.2) is 42.0 Å². The van der Waals surface area contributed by atoms with Crippen LogP contribution in [0.2, 0.25) is 0 Å². The summed E-state index contributed by atoms with van der Waals surface area (Å²) < 4.78 is 4.57. The van der Waals surface area contributed by atoms with Crippen molar-refractivity contribution in [3.63, 3.8) is 0 Å². The molecular weight excluding hydrogens is 252 g/mol. The van der Waals surface area contributed by atoms with E-state index in [0.717, 1.165) is 10.7 Å². The van der Waals surface area contributed by atoms with Crippen molar-refractivity contribution in [2.24, 2.45) is 0 Å². The van der Waals surface area contributed by atoms with Gasteiger partial charge in [-0.2, -0.15) is 0 Å². The highest BCUT2D eigenvalue weighted by atomic mass is 32.1. The summed E-state index contributed by atoms with van der Waals surface area (Å²) >= 11 is 1.39. The number of hydrogen-bond acceptors (Lipinski definition) is 5. The van der Waals surface area contributed by atoms with Gasteiger partial charge in [-0.25, -0.2) is 4.98 Å². The fraction of sp³-hybridized carbons (Fsp3) is 0.583. The molecule has 0 radical (unpaired) electrons. The Balaban J connectivity index is 2.73. The predicted octanol–water partition coefficient (Wildman–Crippen LogP) is 1.79. The van der Waals surface area contributed by atoms with Gasteiger partial charge in [-0.1, -0.05) is 0 Å². The molecule has 0 unspecified atom stereocenters. The number of rotatable bonds is 5. The van der Waals surface area contributed by atoms with Crippen molar-refractivity contribution in [3.05, 3.63) is 15.6 Å². The van der Waals surface area contributed by atoms with Crippen molar-refractivity contribution < 1.29 is 14.3 Å². The first-order valence-corrected chi connectivity index (χ1v) is 6.61. The Bertz CT molecular complexity index is 443. The summed E-state index contributed by atoms with van der Waals surface area (Å²) in [7, 11) is 1.34. The number of thiazole rings is 1. The van der Waals surface area contributed by atoms with Crippen LogP contribution >= 0.6 is 11.3 Å². The van der Waals surface area contributed by atoms with Crippen molar-refractivity contribution in [2.45, 2.75) is 27.2 Å². The van der Waals surface area contributed by atoms with Gasteiger partial charge in [-0.3, -0.25) is 9.59 Å². The summed E-state index contributed by atoms with van der Waals surface area (Å²) in [4.78, 5) is 29.9. The first-order valence-electron chi connectivity index (χ1n) is 5.79. The maximum absolute atomic E-state index is 12.3. The van der Waals surface area contributed by atoms with Gasteiger partial charge in [0.25, 0.3) is 5.91 Å². The summed E-state index contributed by atoms with van der Waals surface area (Å²) in [5.41, 5.74) is 0.749. The van der Waals surface area contributed by atoms with Gasteiger partial charge >= 0.3 is 5.97 Å². The zero-order valence-electron chi connectivity index (χ0n) is 11.1. The minimum atomic E-state index is -0.307. The minimum Gasteiger partial charge on any atom is -0.469 e. The highest BCUT2D eigenvalue weighted by Crippen LogP contribution is 2.19. The highest BCUT2D eigenvalue weighted by molar-refractivity contribution is 7.13. The number of esters is 1. The number of carbonyl (C=O) groups excluding carboxylic acids is 2. The number of amides is 1. The van der Waals surface area contributed by atoms with Crippen LogP contribution in [0, 0.1) is 13.8 Å². The summed E-state index contributed by atoms with van der Waals surface area (Å²) in [6.07, 6.45) is 0.215. The van der Waals surface area contributed by atoms with E-state index in [2.05, 4.69) is 9.72 Å². The Morgan fingerprint density at radius 1 is 1.39 bits per heavy atom. The van der Waals surface area contributed by atoms with Crippen molar-refractivity contribution in [2.75, 3.05) is 20.2 Å². The molecule has 1 rings (SSSR count). The average Bonchev–Trinajstić information content (AvgIpc) is 2.68. The molecule has 0 spiro atoms. The van der Waals surface area contributed by atoms with Crippen molar-refractivity contribution in [1.82, 2.24) is 9.88 Å². The maximum Gasteiger partial charge on any atom is 0.307 e. The Hall–Kier alpha value is -1.43. The van der Waals surface area contributed by atoms with Crippen LogP contribution in [0.4, 0.5) is 0 Å². The van der Waals surface area contributed by atoms with Crippen molar-refractivity contribution >= 4 is 23.2 Å². The number of methoxy groups -OCH3 is 1. The van der Waals surface area contributed by atoms with E-state index in [1.165, 1.54) is 18.4 Å². The van der Waals surface area contributed by atoms with Gasteiger partial charge < -0.3 is 9.64 Å². The van der Waals surface area contributed by atoms with Crippen molar-refractivity contribution in [3.8, 4) is 0 Å². The fourth-order valence-electron chi connectivity index (χ4n) is 1.60. The van der Waals surface area contributed by atoms with E-state index in [1.54, 1.807) is 4.90 Å². The molecule has 0 saturated heterocycles. The number of nitrogens with zero attached hydrogens (tertiary/aromatic N) is 2. The number of aromatic nitrogens is 1. The molecule has 1 heterocycles. The normalized spacial score (nSPS) is 10.2. The minimum absolute atomic E-state index is 0.0653. The molecule has 0 aliphatic carbocycles. The molecule has 0 saturated carbocycles. The van der Waals surface area contributed by atoms with Crippen LogP contribution in [0.15, 0.2) is 0 Å². The molecule has 0 atom stereocenters. The van der Waals surface area contributed by atoms with E-state index in [0.29, 0.717) is 18.0 Å². The van der Waals surface area contributed by atoms with Crippen molar-refractivity contribution in [1.29, 1.82) is 0 Å². The van der Waals surface area contributed by atoms with Crippen LogP contribution in [0.25, 0.3) is 0 Å². The quantitative estimate of drug-likeness (QED) is 0.765. The third kappa shape index (κ3) is 3.53. The van der Waals surface area contributed by atoms with Gasteiger partial charge in [0, 0.05) is 13.1 Å². The number of hydrogen-bond donors (Lipinski definition) is 0. The van der Waals surface area contributed by atoms with E-state index in [-0.39, 0.29) is 18.3 Å². The topological polar surface area (TPSA) is 59.5 Å². The molecule has 0 N–H and O–H groups in total. The third-order valence-electron chi connectivity index (χ3n) is 2.58. The number of ether oxygens (including phenoxy) is 1. The standard InChI is InChI=1S/C12H18N2O3S/c1-5-14(7-6-10(15)17-4)12(16)11-8(2)13-9(3)18-11/h5-7H2,1-4H3. The van der Waals surface area contributed by atoms with Crippen LogP contribution in [0.3, 0.4) is 0 Å². The smallest absolute Gasteiger partial charge is 0.307 e. The summed E-state index contributed by atoms with van der Waals surface area (Å²) in [6.45, 7) is 6.52. The highest BCUT2D eigenvalue weighted by Gasteiger charge is 2.20. The molecule has 1 aromatic heterocycles. The first-order chi connectivity index (χ1) is 8.49. The lowest BCUT2D eigenvalue weighted by Gasteiger charge is -2.19. The molecule has 0 aromatic carbocycles. The van der Waals surface area contributed by atoms with Gasteiger partial charge in [0.1, 0.15) is 4.88 Å². The molecule has 0 aliphatic heterocycles. The molecule has 6 heteroatoms. The molecule has 0 aliphatic rings. The molecule has 100 valence electrons. The monoisotopic (exact) mass is 270 g/mol. The Morgan fingerprint density at radius 3 is 2.50 bits per heavy atom. The van der Waals surface area contributed by atoms with E-state index in [9.17, 15) is 9.59 Å². The zero-order chi connectivity index (χ0) is 13.7. The van der Waals surface area contributed by atoms with E-state index in [4.69, 9.17) is 0 Å².